The van der Waals surface area contributed by atoms with Crippen LogP contribution in [0.5, 0.6) is 0 Å². The summed E-state index contributed by atoms with van der Waals surface area (Å²) >= 11 is 0. The zero-order chi connectivity index (χ0) is 16.4. The lowest BCUT2D eigenvalue weighted by Gasteiger charge is -2.05. The first-order valence-corrected chi connectivity index (χ1v) is 6.59. The molecule has 0 aliphatic rings. The lowest BCUT2D eigenvalue weighted by atomic mass is 10.1. The highest BCUT2D eigenvalue weighted by atomic mass is 16.4. The molecule has 0 radical (unpaired) electrons. The van der Waals surface area contributed by atoms with E-state index >= 15 is 0 Å². The van der Waals surface area contributed by atoms with Crippen molar-refractivity contribution in [2.24, 2.45) is 0 Å². The van der Waals surface area contributed by atoms with Crippen LogP contribution < -0.4 is 16.7 Å². The first kappa shape index (κ1) is 14.3. The maximum atomic E-state index is 12.2. The van der Waals surface area contributed by atoms with E-state index in [0.29, 0.717) is 16.7 Å². The van der Waals surface area contributed by atoms with E-state index in [0.717, 1.165) is 0 Å². The maximum Gasteiger partial charge on any atom is 0.349 e. The number of hydrogen-bond donors (Lipinski definition) is 2. The van der Waals surface area contributed by atoms with Crippen molar-refractivity contribution in [3.63, 3.8) is 0 Å². The van der Waals surface area contributed by atoms with Crippen molar-refractivity contribution >= 4 is 28.4 Å². The Morgan fingerprint density at radius 2 is 2.09 bits per heavy atom. The predicted molar refractivity (Wildman–Crippen MR) is 83.8 cm³/mol. The summed E-state index contributed by atoms with van der Waals surface area (Å²) in [6.45, 7) is 0. The van der Waals surface area contributed by atoms with E-state index in [1.165, 1.54) is 24.3 Å². The van der Waals surface area contributed by atoms with E-state index in [1.807, 2.05) is 6.07 Å². The second-order valence-corrected chi connectivity index (χ2v) is 4.72. The molecule has 0 aliphatic heterocycles. The molecule has 0 saturated carbocycles. The third-order valence-electron chi connectivity index (χ3n) is 3.11. The van der Waals surface area contributed by atoms with Crippen LogP contribution in [0.15, 0.2) is 51.7 Å². The second kappa shape index (κ2) is 5.61. The van der Waals surface area contributed by atoms with Crippen LogP contribution in [0, 0.1) is 11.3 Å². The molecule has 23 heavy (non-hydrogen) atoms. The highest BCUT2D eigenvalue weighted by Gasteiger charge is 2.14. The van der Waals surface area contributed by atoms with Crippen LogP contribution in [0.25, 0.3) is 11.0 Å². The van der Waals surface area contributed by atoms with Gasteiger partial charge in [-0.3, -0.25) is 4.79 Å². The van der Waals surface area contributed by atoms with E-state index in [1.54, 1.807) is 18.2 Å². The van der Waals surface area contributed by atoms with Gasteiger partial charge in [0, 0.05) is 17.1 Å². The lowest BCUT2D eigenvalue weighted by molar-refractivity contribution is 0.102. The van der Waals surface area contributed by atoms with Gasteiger partial charge in [0.05, 0.1) is 0 Å². The molecular weight excluding hydrogens is 296 g/mol. The van der Waals surface area contributed by atoms with Gasteiger partial charge in [-0.1, -0.05) is 6.07 Å². The van der Waals surface area contributed by atoms with Crippen LogP contribution in [0.4, 0.5) is 11.5 Å². The number of carbonyl (C=O) groups is 1. The Morgan fingerprint density at radius 1 is 1.26 bits per heavy atom. The van der Waals surface area contributed by atoms with Gasteiger partial charge in [0.2, 0.25) is 0 Å². The minimum atomic E-state index is -0.781. The number of hydrogen-bond acceptors (Lipinski definition) is 6. The van der Waals surface area contributed by atoms with Crippen molar-refractivity contribution in [1.82, 2.24) is 4.98 Å². The third-order valence-corrected chi connectivity index (χ3v) is 3.11. The van der Waals surface area contributed by atoms with E-state index in [4.69, 9.17) is 15.4 Å². The van der Waals surface area contributed by atoms with Crippen LogP contribution in [0.2, 0.25) is 0 Å². The van der Waals surface area contributed by atoms with Crippen LogP contribution >= 0.6 is 0 Å². The number of pyridine rings is 1. The average molecular weight is 306 g/mol. The predicted octanol–water partition coefficient (Wildman–Crippen LogP) is 1.89. The van der Waals surface area contributed by atoms with Gasteiger partial charge in [0.25, 0.3) is 5.91 Å². The molecule has 2 aromatic heterocycles. The van der Waals surface area contributed by atoms with Crippen molar-refractivity contribution < 1.29 is 9.21 Å². The summed E-state index contributed by atoms with van der Waals surface area (Å²) in [6, 6.07) is 12.7. The highest BCUT2D eigenvalue weighted by molar-refractivity contribution is 6.05. The molecule has 7 nitrogen and oxygen atoms in total. The van der Waals surface area contributed by atoms with Gasteiger partial charge in [0.15, 0.2) is 0 Å². The van der Waals surface area contributed by atoms with Gasteiger partial charge in [-0.15, -0.1) is 0 Å². The Bertz CT molecular complexity index is 1020. The molecule has 3 N–H and O–H groups in total. The van der Waals surface area contributed by atoms with Crippen LogP contribution in [-0.4, -0.2) is 10.9 Å². The molecule has 3 aromatic rings. The normalized spacial score (nSPS) is 10.2. The Hall–Kier alpha value is -3.66. The van der Waals surface area contributed by atoms with Crippen molar-refractivity contribution in [1.29, 1.82) is 5.26 Å². The van der Waals surface area contributed by atoms with Gasteiger partial charge in [-0.2, -0.15) is 5.26 Å². The van der Waals surface area contributed by atoms with Gasteiger partial charge in [-0.25, -0.2) is 9.78 Å². The fourth-order valence-electron chi connectivity index (χ4n) is 2.04. The molecule has 112 valence electrons. The molecule has 3 rings (SSSR count). The summed E-state index contributed by atoms with van der Waals surface area (Å²) in [5.41, 5.74) is 5.60. The third kappa shape index (κ3) is 2.87. The number of amides is 1. The molecule has 0 saturated heterocycles. The number of aromatic nitrogens is 1. The van der Waals surface area contributed by atoms with Gasteiger partial charge in [-0.05, 0) is 30.3 Å². The van der Waals surface area contributed by atoms with Crippen molar-refractivity contribution in [2.75, 3.05) is 11.1 Å². The summed E-state index contributed by atoms with van der Waals surface area (Å²) in [5.74, 6) is -0.495. The topological polar surface area (TPSA) is 122 Å². The number of rotatable bonds is 2. The van der Waals surface area contributed by atoms with E-state index in [-0.39, 0.29) is 17.1 Å². The van der Waals surface area contributed by atoms with Crippen molar-refractivity contribution in [3.8, 4) is 6.07 Å². The van der Waals surface area contributed by atoms with Gasteiger partial charge >= 0.3 is 5.63 Å². The Balaban J connectivity index is 1.97. The standard InChI is InChI=1S/C16H10N4O3/c17-8-11-2-1-3-14(19-11)20-15(21)12-6-9-4-5-10(18)7-13(9)23-16(12)22/h1-7H,18H2,(H,19,20,21). The Morgan fingerprint density at radius 3 is 2.87 bits per heavy atom. The molecule has 0 atom stereocenters. The van der Waals surface area contributed by atoms with E-state index in [2.05, 4.69) is 10.3 Å². The SMILES string of the molecule is N#Cc1cccc(NC(=O)c2cc3ccc(N)cc3oc2=O)n1. The monoisotopic (exact) mass is 306 g/mol. The minimum absolute atomic E-state index is 0.156. The van der Waals surface area contributed by atoms with Gasteiger partial charge in [0.1, 0.15) is 28.7 Å². The van der Waals surface area contributed by atoms with Crippen molar-refractivity contribution in [3.05, 3.63) is 64.1 Å². The fourth-order valence-corrected chi connectivity index (χ4v) is 2.04. The molecule has 0 fully saturated rings. The number of benzene rings is 1. The summed E-state index contributed by atoms with van der Waals surface area (Å²) < 4.78 is 5.11. The molecule has 1 amide bonds. The number of fused-ring (bicyclic) bond motifs is 1. The first-order chi connectivity index (χ1) is 11.1. The number of carbonyl (C=O) groups excluding carboxylic acids is 1. The zero-order valence-electron chi connectivity index (χ0n) is 11.7. The van der Waals surface area contributed by atoms with Crippen LogP contribution in [0.1, 0.15) is 16.1 Å². The van der Waals surface area contributed by atoms with Crippen LogP contribution in [-0.2, 0) is 0 Å². The van der Waals surface area contributed by atoms with Gasteiger partial charge < -0.3 is 15.5 Å². The fraction of sp³-hybridized carbons (Fsp3) is 0. The Kier molecular flexibility index (Phi) is 3.49. The quantitative estimate of drug-likeness (QED) is 0.550. The number of nitrogen functional groups attached to an aromatic ring is 1. The van der Waals surface area contributed by atoms with Crippen molar-refractivity contribution in [2.45, 2.75) is 0 Å². The summed E-state index contributed by atoms with van der Waals surface area (Å²) in [7, 11) is 0. The molecular formula is C16H10N4O3. The molecule has 2 heterocycles. The Labute approximate surface area is 130 Å². The number of nitrogens with two attached hydrogens (primary N) is 1. The molecule has 7 heteroatoms. The smallest absolute Gasteiger partial charge is 0.349 e. The number of nitrogens with one attached hydrogen (secondary N) is 1. The molecule has 0 unspecified atom stereocenters. The highest BCUT2D eigenvalue weighted by Crippen LogP contribution is 2.17. The second-order valence-electron chi connectivity index (χ2n) is 4.72. The van der Waals surface area contributed by atoms with Crippen LogP contribution in [0.3, 0.4) is 0 Å². The minimum Gasteiger partial charge on any atom is -0.422 e. The van der Waals surface area contributed by atoms with E-state index in [9.17, 15) is 9.59 Å². The average Bonchev–Trinajstić information content (AvgIpc) is 2.54. The number of nitrogens with zero attached hydrogens (tertiary/aromatic N) is 2. The summed E-state index contributed by atoms with van der Waals surface area (Å²) in [6.07, 6.45) is 0. The maximum absolute atomic E-state index is 12.2. The molecule has 0 aliphatic carbocycles. The largest absolute Gasteiger partial charge is 0.422 e. The number of nitriles is 1. The molecule has 1 aromatic carbocycles. The lowest BCUT2D eigenvalue weighted by Crippen LogP contribution is -2.21. The summed E-state index contributed by atoms with van der Waals surface area (Å²) in [4.78, 5) is 28.1. The number of anilines is 2. The molecule has 0 spiro atoms. The molecule has 0 bridgehead atoms. The summed E-state index contributed by atoms with van der Waals surface area (Å²) in [5, 5.41) is 11.8. The first-order valence-electron chi connectivity index (χ1n) is 6.59. The zero-order valence-corrected chi connectivity index (χ0v) is 11.7. The van der Waals surface area contributed by atoms with E-state index < -0.39 is 11.5 Å².